The molecule has 0 N–H and O–H groups in total. The molecule has 2 aromatic carbocycles. The van der Waals surface area contributed by atoms with E-state index in [2.05, 4.69) is 4.90 Å². The van der Waals surface area contributed by atoms with Crippen molar-refractivity contribution >= 4 is 0 Å². The first-order valence-corrected chi connectivity index (χ1v) is 9.50. The number of methoxy groups -OCH3 is 3. The third-order valence-electron chi connectivity index (χ3n) is 4.96. The van der Waals surface area contributed by atoms with Gasteiger partial charge in [0.15, 0.2) is 11.5 Å². The smallest absolute Gasteiger partial charge is 0.203 e. The summed E-state index contributed by atoms with van der Waals surface area (Å²) >= 11 is 0. The molecule has 6 heteroatoms. The summed E-state index contributed by atoms with van der Waals surface area (Å²) in [6, 6.07) is 10.6. The minimum atomic E-state index is -0.224. The van der Waals surface area contributed by atoms with Crippen molar-refractivity contribution in [2.24, 2.45) is 0 Å². The van der Waals surface area contributed by atoms with Gasteiger partial charge in [-0.2, -0.15) is 0 Å². The Balaban J connectivity index is 1.85. The molecule has 1 unspecified atom stereocenters. The quantitative estimate of drug-likeness (QED) is 0.648. The third kappa shape index (κ3) is 4.94. The molecule has 1 heterocycles. The van der Waals surface area contributed by atoms with Crippen LogP contribution < -0.4 is 14.2 Å². The summed E-state index contributed by atoms with van der Waals surface area (Å²) in [4.78, 5) is 2.26. The van der Waals surface area contributed by atoms with Crippen LogP contribution >= 0.6 is 0 Å². The lowest BCUT2D eigenvalue weighted by atomic mass is 10.1. The molecule has 3 rings (SSSR count). The van der Waals surface area contributed by atoms with Gasteiger partial charge in [-0.3, -0.25) is 4.90 Å². The fraction of sp³-hybridized carbons (Fsp3) is 0.455. The first-order valence-electron chi connectivity index (χ1n) is 9.50. The normalized spacial score (nSPS) is 16.4. The van der Waals surface area contributed by atoms with Crippen LogP contribution in [0.4, 0.5) is 4.39 Å². The molecule has 0 aromatic heterocycles. The molecule has 0 aliphatic carbocycles. The van der Waals surface area contributed by atoms with Gasteiger partial charge in [-0.15, -0.1) is 0 Å². The van der Waals surface area contributed by atoms with Crippen molar-refractivity contribution in [3.8, 4) is 17.2 Å². The predicted molar refractivity (Wildman–Crippen MR) is 106 cm³/mol. The van der Waals surface area contributed by atoms with E-state index >= 15 is 0 Å². The number of ether oxygens (including phenoxy) is 4. The summed E-state index contributed by atoms with van der Waals surface area (Å²) in [6.07, 6.45) is 2.32. The fourth-order valence-corrected chi connectivity index (χ4v) is 3.68. The lowest BCUT2D eigenvalue weighted by molar-refractivity contribution is 0.0675. The van der Waals surface area contributed by atoms with E-state index in [-0.39, 0.29) is 11.9 Å². The van der Waals surface area contributed by atoms with Gasteiger partial charge in [0.25, 0.3) is 0 Å². The summed E-state index contributed by atoms with van der Waals surface area (Å²) in [7, 11) is 4.82. The number of benzene rings is 2. The maximum atomic E-state index is 13.7. The van der Waals surface area contributed by atoms with Crippen LogP contribution in [-0.4, -0.2) is 45.5 Å². The van der Waals surface area contributed by atoms with E-state index in [1.54, 1.807) is 33.5 Å². The molecule has 0 amide bonds. The molecule has 28 heavy (non-hydrogen) atoms. The minimum absolute atomic E-state index is 0.194. The van der Waals surface area contributed by atoms with E-state index in [4.69, 9.17) is 18.9 Å². The monoisotopic (exact) mass is 389 g/mol. The van der Waals surface area contributed by atoms with Crippen LogP contribution in [0, 0.1) is 5.82 Å². The molecular weight excluding hydrogens is 361 g/mol. The second-order valence-corrected chi connectivity index (χ2v) is 6.93. The van der Waals surface area contributed by atoms with E-state index in [1.165, 1.54) is 6.07 Å². The van der Waals surface area contributed by atoms with Crippen molar-refractivity contribution in [3.63, 3.8) is 0 Å². The zero-order valence-electron chi connectivity index (χ0n) is 16.7. The highest BCUT2D eigenvalue weighted by Gasteiger charge is 2.22. The minimum Gasteiger partial charge on any atom is -0.493 e. The van der Waals surface area contributed by atoms with E-state index < -0.39 is 0 Å². The summed E-state index contributed by atoms with van der Waals surface area (Å²) in [6.45, 7) is 2.82. The average Bonchev–Trinajstić information content (AvgIpc) is 3.20. The van der Waals surface area contributed by atoms with Gasteiger partial charge in [-0.05, 0) is 36.6 Å². The molecule has 1 saturated heterocycles. The number of halogens is 1. The Morgan fingerprint density at radius 1 is 1.04 bits per heavy atom. The highest BCUT2D eigenvalue weighted by molar-refractivity contribution is 5.55. The average molecular weight is 389 g/mol. The van der Waals surface area contributed by atoms with Crippen molar-refractivity contribution in [1.29, 1.82) is 0 Å². The van der Waals surface area contributed by atoms with Crippen molar-refractivity contribution in [2.45, 2.75) is 32.0 Å². The Morgan fingerprint density at radius 2 is 1.86 bits per heavy atom. The molecule has 2 aromatic rings. The van der Waals surface area contributed by atoms with Gasteiger partial charge in [0.2, 0.25) is 5.75 Å². The van der Waals surface area contributed by atoms with Gasteiger partial charge in [0.05, 0.1) is 27.4 Å². The number of nitrogens with zero attached hydrogens (tertiary/aromatic N) is 1. The number of hydrogen-bond donors (Lipinski definition) is 0. The molecule has 0 radical (unpaired) electrons. The SMILES string of the molecule is COc1ccc(CN(Cc2cccc(F)c2)CC2CCCO2)c(OC)c1OC. The third-order valence-corrected chi connectivity index (χ3v) is 4.96. The molecule has 1 aliphatic rings. The van der Waals surface area contributed by atoms with E-state index in [0.717, 1.165) is 37.1 Å². The van der Waals surface area contributed by atoms with Crippen LogP contribution in [0.5, 0.6) is 17.2 Å². The highest BCUT2D eigenvalue weighted by Crippen LogP contribution is 2.40. The van der Waals surface area contributed by atoms with Crippen LogP contribution in [0.2, 0.25) is 0 Å². The van der Waals surface area contributed by atoms with Crippen LogP contribution in [0.1, 0.15) is 24.0 Å². The van der Waals surface area contributed by atoms with Gasteiger partial charge in [0.1, 0.15) is 5.82 Å². The van der Waals surface area contributed by atoms with E-state index in [0.29, 0.717) is 30.3 Å². The van der Waals surface area contributed by atoms with Crippen LogP contribution in [0.3, 0.4) is 0 Å². The summed E-state index contributed by atoms with van der Waals surface area (Å²) in [5.74, 6) is 1.63. The van der Waals surface area contributed by atoms with E-state index in [9.17, 15) is 4.39 Å². The molecule has 0 spiro atoms. The fourth-order valence-electron chi connectivity index (χ4n) is 3.68. The first-order chi connectivity index (χ1) is 13.6. The molecular formula is C22H28FNO4. The lowest BCUT2D eigenvalue weighted by Crippen LogP contribution is -2.31. The molecule has 1 fully saturated rings. The van der Waals surface area contributed by atoms with Crippen LogP contribution in [-0.2, 0) is 17.8 Å². The standard InChI is InChI=1S/C22H28FNO4/c1-25-20-10-9-17(21(26-2)22(20)27-3)14-24(15-19-8-5-11-28-19)13-16-6-4-7-18(23)12-16/h4,6-7,9-10,12,19H,5,8,11,13-15H2,1-3H3. The van der Waals surface area contributed by atoms with Gasteiger partial charge < -0.3 is 18.9 Å². The second-order valence-electron chi connectivity index (χ2n) is 6.93. The van der Waals surface area contributed by atoms with Gasteiger partial charge in [-0.25, -0.2) is 4.39 Å². The topological polar surface area (TPSA) is 40.2 Å². The van der Waals surface area contributed by atoms with Crippen molar-refractivity contribution in [1.82, 2.24) is 4.90 Å². The van der Waals surface area contributed by atoms with Gasteiger partial charge in [-0.1, -0.05) is 18.2 Å². The second kappa shape index (κ2) is 9.75. The maximum Gasteiger partial charge on any atom is 0.203 e. The Hall–Kier alpha value is -2.31. The Kier molecular flexibility index (Phi) is 7.12. The largest absolute Gasteiger partial charge is 0.493 e. The Bertz CT molecular complexity index is 777. The Morgan fingerprint density at radius 3 is 2.50 bits per heavy atom. The summed E-state index contributed by atoms with van der Waals surface area (Å²) in [5, 5.41) is 0. The van der Waals surface area contributed by atoms with Crippen LogP contribution in [0.25, 0.3) is 0 Å². The molecule has 1 atom stereocenters. The Labute approximate surface area is 166 Å². The predicted octanol–water partition coefficient (Wildman–Crippen LogP) is 4.03. The molecule has 0 bridgehead atoms. The van der Waals surface area contributed by atoms with Crippen molar-refractivity contribution in [3.05, 3.63) is 53.3 Å². The number of hydrogen-bond acceptors (Lipinski definition) is 5. The number of rotatable bonds is 9. The molecule has 1 aliphatic heterocycles. The zero-order chi connectivity index (χ0) is 19.9. The lowest BCUT2D eigenvalue weighted by Gasteiger charge is -2.27. The molecule has 5 nitrogen and oxygen atoms in total. The summed E-state index contributed by atoms with van der Waals surface area (Å²) < 4.78 is 36.0. The van der Waals surface area contributed by atoms with E-state index in [1.807, 2.05) is 18.2 Å². The highest BCUT2D eigenvalue weighted by atomic mass is 19.1. The van der Waals surface area contributed by atoms with Gasteiger partial charge >= 0.3 is 0 Å². The zero-order valence-corrected chi connectivity index (χ0v) is 16.7. The molecule has 152 valence electrons. The van der Waals surface area contributed by atoms with Crippen molar-refractivity contribution < 1.29 is 23.3 Å². The first kappa shape index (κ1) is 20.4. The van der Waals surface area contributed by atoms with Crippen molar-refractivity contribution in [2.75, 3.05) is 34.5 Å². The maximum absolute atomic E-state index is 13.7. The summed E-state index contributed by atoms with van der Waals surface area (Å²) in [5.41, 5.74) is 1.91. The van der Waals surface area contributed by atoms with Crippen LogP contribution in [0.15, 0.2) is 36.4 Å². The molecule has 0 saturated carbocycles. The van der Waals surface area contributed by atoms with Gasteiger partial charge in [0, 0.05) is 31.8 Å².